The molecule has 0 aliphatic carbocycles. The molecular weight excluding hydrogens is 428 g/mol. The van der Waals surface area contributed by atoms with Gasteiger partial charge >= 0.3 is 0 Å². The largest absolute Gasteiger partial charge is 0.372 e. The molecule has 1 N–H and O–H groups in total. The van der Waals surface area contributed by atoms with Crippen LogP contribution in [0.2, 0.25) is 0 Å². The van der Waals surface area contributed by atoms with Crippen molar-refractivity contribution in [1.29, 1.82) is 0 Å². The molecule has 3 aromatic rings. The number of hydrogen-bond acceptors (Lipinski definition) is 4. The van der Waals surface area contributed by atoms with E-state index in [1.165, 1.54) is 23.0 Å². The lowest BCUT2D eigenvalue weighted by molar-refractivity contribution is -0.115. The molecule has 0 spiro atoms. The van der Waals surface area contributed by atoms with Gasteiger partial charge in [0.2, 0.25) is 0 Å². The number of anilines is 1. The number of aryl methyl sites for hydroxylation is 2. The van der Waals surface area contributed by atoms with E-state index < -0.39 is 0 Å². The number of amidine groups is 1. The standard InChI is InChI=1S/C27H30N4OS/c1-6-30(7-2)23-12-14-24(15-13-23)31-19(4)16-21(20(31)5)17-25-26(32)29-27(33-25)28-22-10-8-18(3)9-11-22/h8-17H,6-7H2,1-5H3,(H,28,29,32)/b25-17+. The van der Waals surface area contributed by atoms with Crippen LogP contribution in [0.3, 0.4) is 0 Å². The van der Waals surface area contributed by atoms with Gasteiger partial charge in [0, 0.05) is 35.9 Å². The highest BCUT2D eigenvalue weighted by atomic mass is 32.2. The van der Waals surface area contributed by atoms with Crippen LogP contribution in [0.4, 0.5) is 11.4 Å². The summed E-state index contributed by atoms with van der Waals surface area (Å²) in [4.78, 5) is 20.1. The van der Waals surface area contributed by atoms with E-state index in [2.05, 4.69) is 77.8 Å². The van der Waals surface area contributed by atoms with Crippen LogP contribution in [0.15, 0.2) is 64.5 Å². The summed E-state index contributed by atoms with van der Waals surface area (Å²) in [7, 11) is 0. The van der Waals surface area contributed by atoms with Crippen molar-refractivity contribution in [3.8, 4) is 5.69 Å². The van der Waals surface area contributed by atoms with Gasteiger partial charge in [0.15, 0.2) is 5.17 Å². The number of carbonyl (C=O) groups excluding carboxylic acids is 1. The van der Waals surface area contributed by atoms with E-state index in [0.717, 1.165) is 41.4 Å². The number of aliphatic imine (C=N–C) groups is 1. The van der Waals surface area contributed by atoms with Crippen molar-refractivity contribution in [3.05, 3.63) is 82.0 Å². The van der Waals surface area contributed by atoms with Crippen LogP contribution in [0.1, 0.15) is 36.4 Å². The molecule has 1 aliphatic rings. The summed E-state index contributed by atoms with van der Waals surface area (Å²) < 4.78 is 2.23. The first kappa shape index (κ1) is 22.9. The van der Waals surface area contributed by atoms with Crippen molar-refractivity contribution in [2.75, 3.05) is 18.0 Å². The molecule has 1 fully saturated rings. The summed E-state index contributed by atoms with van der Waals surface area (Å²) in [5.41, 5.74) is 7.63. The third-order valence-electron chi connectivity index (χ3n) is 5.91. The third kappa shape index (κ3) is 4.91. The van der Waals surface area contributed by atoms with Crippen molar-refractivity contribution < 1.29 is 4.79 Å². The third-order valence-corrected chi connectivity index (χ3v) is 6.82. The summed E-state index contributed by atoms with van der Waals surface area (Å²) >= 11 is 1.38. The predicted octanol–water partition coefficient (Wildman–Crippen LogP) is 6.14. The zero-order valence-corrected chi connectivity index (χ0v) is 20.7. The summed E-state index contributed by atoms with van der Waals surface area (Å²) in [6, 6.07) is 18.7. The fourth-order valence-corrected chi connectivity index (χ4v) is 4.92. The number of hydrogen-bond donors (Lipinski definition) is 1. The van der Waals surface area contributed by atoms with Crippen LogP contribution in [-0.2, 0) is 4.79 Å². The van der Waals surface area contributed by atoms with Gasteiger partial charge in [0.25, 0.3) is 5.91 Å². The van der Waals surface area contributed by atoms with Gasteiger partial charge in [-0.1, -0.05) is 17.7 Å². The molecule has 4 rings (SSSR count). The minimum atomic E-state index is -0.112. The Morgan fingerprint density at radius 2 is 1.67 bits per heavy atom. The number of rotatable bonds is 6. The zero-order chi connectivity index (χ0) is 23.5. The summed E-state index contributed by atoms with van der Waals surface area (Å²) in [6.45, 7) is 12.6. The first-order valence-corrected chi connectivity index (χ1v) is 12.1. The number of amides is 1. The monoisotopic (exact) mass is 458 g/mol. The Hall–Kier alpha value is -3.25. The molecule has 1 aliphatic heterocycles. The highest BCUT2D eigenvalue weighted by Crippen LogP contribution is 2.31. The maximum atomic E-state index is 12.6. The van der Waals surface area contributed by atoms with E-state index in [1.54, 1.807) is 0 Å². The van der Waals surface area contributed by atoms with Gasteiger partial charge in [-0.25, -0.2) is 4.99 Å². The predicted molar refractivity (Wildman–Crippen MR) is 141 cm³/mol. The maximum Gasteiger partial charge on any atom is 0.264 e. The molecule has 0 unspecified atom stereocenters. The summed E-state index contributed by atoms with van der Waals surface area (Å²) in [6.07, 6.45) is 1.96. The Bertz CT molecular complexity index is 1220. The molecule has 6 heteroatoms. The number of benzene rings is 2. The van der Waals surface area contributed by atoms with E-state index in [-0.39, 0.29) is 5.91 Å². The van der Waals surface area contributed by atoms with Crippen molar-refractivity contribution in [2.45, 2.75) is 34.6 Å². The topological polar surface area (TPSA) is 49.6 Å². The highest BCUT2D eigenvalue weighted by molar-refractivity contribution is 8.18. The average molecular weight is 459 g/mol. The van der Waals surface area contributed by atoms with Gasteiger partial charge in [0.1, 0.15) is 0 Å². The van der Waals surface area contributed by atoms with Crippen LogP contribution in [0.25, 0.3) is 11.8 Å². The van der Waals surface area contributed by atoms with Crippen LogP contribution in [0.5, 0.6) is 0 Å². The SMILES string of the molecule is CCN(CC)c1ccc(-n2c(C)cc(/C=C3/SC(=Nc4ccc(C)cc4)NC3=O)c2C)cc1. The molecule has 5 nitrogen and oxygen atoms in total. The molecule has 33 heavy (non-hydrogen) atoms. The van der Waals surface area contributed by atoms with E-state index in [4.69, 9.17) is 0 Å². The number of nitrogens with one attached hydrogen (secondary N) is 1. The Morgan fingerprint density at radius 3 is 2.30 bits per heavy atom. The van der Waals surface area contributed by atoms with Crippen molar-refractivity contribution in [2.24, 2.45) is 4.99 Å². The van der Waals surface area contributed by atoms with Gasteiger partial charge in [-0.15, -0.1) is 0 Å². The second-order valence-electron chi connectivity index (χ2n) is 8.17. The lowest BCUT2D eigenvalue weighted by Gasteiger charge is -2.21. The molecule has 2 heterocycles. The molecule has 1 amide bonds. The highest BCUT2D eigenvalue weighted by Gasteiger charge is 2.24. The Balaban J connectivity index is 1.59. The molecule has 1 saturated heterocycles. The number of nitrogens with zero attached hydrogens (tertiary/aromatic N) is 3. The van der Waals surface area contributed by atoms with Crippen molar-refractivity contribution in [1.82, 2.24) is 9.88 Å². The van der Waals surface area contributed by atoms with Crippen LogP contribution in [-0.4, -0.2) is 28.7 Å². The zero-order valence-electron chi connectivity index (χ0n) is 19.8. The van der Waals surface area contributed by atoms with Gasteiger partial charge in [-0.3, -0.25) is 4.79 Å². The van der Waals surface area contributed by atoms with E-state index in [1.807, 2.05) is 37.3 Å². The minimum Gasteiger partial charge on any atom is -0.372 e. The Kier molecular flexibility index (Phi) is 6.75. The number of aromatic nitrogens is 1. The lowest BCUT2D eigenvalue weighted by atomic mass is 10.2. The van der Waals surface area contributed by atoms with Gasteiger partial charge in [-0.05, 0) is 100 Å². The van der Waals surface area contributed by atoms with Gasteiger partial charge in [0.05, 0.1) is 10.6 Å². The van der Waals surface area contributed by atoms with Crippen molar-refractivity contribution >= 4 is 40.3 Å². The first-order chi connectivity index (χ1) is 15.9. The molecule has 0 atom stereocenters. The van der Waals surface area contributed by atoms with Gasteiger partial charge < -0.3 is 14.8 Å². The smallest absolute Gasteiger partial charge is 0.264 e. The second kappa shape index (κ2) is 9.71. The van der Waals surface area contributed by atoms with E-state index in [0.29, 0.717) is 10.1 Å². The first-order valence-electron chi connectivity index (χ1n) is 11.3. The Morgan fingerprint density at radius 1 is 1.00 bits per heavy atom. The molecule has 0 bridgehead atoms. The molecule has 1 aromatic heterocycles. The van der Waals surface area contributed by atoms with Crippen LogP contribution < -0.4 is 10.2 Å². The molecule has 0 radical (unpaired) electrons. The van der Waals surface area contributed by atoms with E-state index >= 15 is 0 Å². The number of carbonyl (C=O) groups is 1. The lowest BCUT2D eigenvalue weighted by Crippen LogP contribution is -2.21. The summed E-state index contributed by atoms with van der Waals surface area (Å²) in [5, 5.41) is 3.49. The maximum absolute atomic E-state index is 12.6. The van der Waals surface area contributed by atoms with E-state index in [9.17, 15) is 4.79 Å². The second-order valence-corrected chi connectivity index (χ2v) is 9.20. The van der Waals surface area contributed by atoms with Gasteiger partial charge in [-0.2, -0.15) is 0 Å². The van der Waals surface area contributed by atoms with Crippen molar-refractivity contribution in [3.63, 3.8) is 0 Å². The normalized spacial score (nSPS) is 16.0. The number of thioether (sulfide) groups is 1. The Labute approximate surface area is 200 Å². The fourth-order valence-electron chi connectivity index (χ4n) is 4.09. The molecule has 170 valence electrons. The fraction of sp³-hybridized carbons (Fsp3) is 0.259. The molecular formula is C27H30N4OS. The molecule has 0 saturated carbocycles. The van der Waals surface area contributed by atoms with Crippen LogP contribution >= 0.6 is 11.8 Å². The quantitative estimate of drug-likeness (QED) is 0.451. The molecule has 2 aromatic carbocycles. The summed E-state index contributed by atoms with van der Waals surface area (Å²) in [5.74, 6) is -0.112. The average Bonchev–Trinajstić information content (AvgIpc) is 3.29. The minimum absolute atomic E-state index is 0.112. The van der Waals surface area contributed by atoms with Crippen LogP contribution in [0, 0.1) is 20.8 Å².